The number of piperazine rings is 1. The summed E-state index contributed by atoms with van der Waals surface area (Å²) in [6.07, 6.45) is 2.14. The Hall–Kier alpha value is -3.52. The highest BCUT2D eigenvalue weighted by atomic mass is 19.1. The van der Waals surface area contributed by atoms with E-state index in [1.54, 1.807) is 24.3 Å². The maximum atomic E-state index is 16.0. The Morgan fingerprint density at radius 1 is 1.03 bits per heavy atom. The molecule has 2 aliphatic heterocycles. The fraction of sp³-hybridized carbons (Fsp3) is 0.280. The Labute approximate surface area is 188 Å². The average molecular weight is 448 g/mol. The van der Waals surface area contributed by atoms with Gasteiger partial charge in [-0.25, -0.2) is 8.78 Å². The fourth-order valence-electron chi connectivity index (χ4n) is 5.21. The lowest BCUT2D eigenvalue weighted by Gasteiger charge is -2.34. The van der Waals surface area contributed by atoms with Crippen LogP contribution in [0.3, 0.4) is 0 Å². The van der Waals surface area contributed by atoms with Crippen LogP contribution in [0.4, 0.5) is 14.6 Å². The standard InChI is InChI=1S/C25H22F2N4O2/c1-33-25-29-23-19(24(30-25)31-11-14-6-7-15(12-31)28-14)10-20(26)21(22(23)27)18-9-16(32)8-13-4-2-3-5-17(13)18/h2-5,8-10,14-15,28,32H,6-7,11-12H2,1H3. The normalized spacial score (nSPS) is 20.0. The molecule has 2 saturated heterocycles. The molecule has 3 aromatic carbocycles. The van der Waals surface area contributed by atoms with Crippen molar-refractivity contribution in [2.24, 2.45) is 0 Å². The number of aromatic hydroxyl groups is 1. The van der Waals surface area contributed by atoms with Crippen LogP contribution in [0, 0.1) is 11.6 Å². The predicted octanol–water partition coefficient (Wildman–Crippen LogP) is 4.38. The zero-order valence-corrected chi connectivity index (χ0v) is 18.0. The number of aromatic nitrogens is 2. The number of halogens is 2. The van der Waals surface area contributed by atoms with Gasteiger partial charge in [-0.05, 0) is 47.4 Å². The summed E-state index contributed by atoms with van der Waals surface area (Å²) in [4.78, 5) is 10.8. The van der Waals surface area contributed by atoms with Crippen molar-refractivity contribution in [2.45, 2.75) is 24.9 Å². The first kappa shape index (κ1) is 20.1. The lowest BCUT2D eigenvalue weighted by Crippen LogP contribution is -2.51. The number of benzene rings is 3. The third-order valence-corrected chi connectivity index (χ3v) is 6.66. The zero-order valence-electron chi connectivity index (χ0n) is 18.0. The van der Waals surface area contributed by atoms with Crippen molar-refractivity contribution in [1.82, 2.24) is 15.3 Å². The second kappa shape index (κ2) is 7.52. The molecule has 0 saturated carbocycles. The molecule has 6 nitrogen and oxygen atoms in total. The second-order valence-corrected chi connectivity index (χ2v) is 8.73. The average Bonchev–Trinajstić information content (AvgIpc) is 3.15. The third-order valence-electron chi connectivity index (χ3n) is 6.66. The molecule has 6 rings (SSSR count). The number of methoxy groups -OCH3 is 1. The highest BCUT2D eigenvalue weighted by molar-refractivity contribution is 6.01. The van der Waals surface area contributed by atoms with Crippen LogP contribution in [0.25, 0.3) is 32.8 Å². The quantitative estimate of drug-likeness (QED) is 0.485. The number of phenols is 1. The van der Waals surface area contributed by atoms with E-state index in [0.29, 0.717) is 47.1 Å². The van der Waals surface area contributed by atoms with Crippen molar-refractivity contribution >= 4 is 27.5 Å². The minimum absolute atomic E-state index is 0.00782. The van der Waals surface area contributed by atoms with Crippen molar-refractivity contribution in [3.8, 4) is 22.9 Å². The summed E-state index contributed by atoms with van der Waals surface area (Å²) in [6, 6.07) is 12.1. The summed E-state index contributed by atoms with van der Waals surface area (Å²) in [5, 5.41) is 15.4. The molecule has 33 heavy (non-hydrogen) atoms. The third kappa shape index (κ3) is 3.24. The van der Waals surface area contributed by atoms with E-state index < -0.39 is 11.6 Å². The fourth-order valence-corrected chi connectivity index (χ4v) is 5.21. The van der Waals surface area contributed by atoms with E-state index in [-0.39, 0.29) is 28.4 Å². The number of fused-ring (bicyclic) bond motifs is 4. The van der Waals surface area contributed by atoms with Crippen LogP contribution < -0.4 is 15.0 Å². The number of ether oxygens (including phenoxy) is 1. The number of nitrogens with one attached hydrogen (secondary N) is 1. The van der Waals surface area contributed by atoms with Gasteiger partial charge in [0.1, 0.15) is 22.9 Å². The maximum absolute atomic E-state index is 16.0. The largest absolute Gasteiger partial charge is 0.508 e. The highest BCUT2D eigenvalue weighted by Crippen LogP contribution is 2.40. The number of nitrogens with zero attached hydrogens (tertiary/aromatic N) is 3. The van der Waals surface area contributed by atoms with Gasteiger partial charge in [0.05, 0.1) is 12.7 Å². The summed E-state index contributed by atoms with van der Waals surface area (Å²) in [6.45, 7) is 1.40. The van der Waals surface area contributed by atoms with Gasteiger partial charge in [0.2, 0.25) is 0 Å². The maximum Gasteiger partial charge on any atom is 0.318 e. The van der Waals surface area contributed by atoms with E-state index in [0.717, 1.165) is 12.8 Å². The molecule has 0 aliphatic carbocycles. The molecule has 0 amide bonds. The molecular weight excluding hydrogens is 426 g/mol. The summed E-state index contributed by atoms with van der Waals surface area (Å²) >= 11 is 0. The SMILES string of the molecule is COc1nc(N2CC3CCC(C2)N3)c2cc(F)c(-c3cc(O)cc4ccccc34)c(F)c2n1. The number of phenolic OH excluding ortho intramolecular Hbond substituents is 1. The van der Waals surface area contributed by atoms with Crippen LogP contribution in [0.1, 0.15) is 12.8 Å². The van der Waals surface area contributed by atoms with Crippen LogP contribution in [0.5, 0.6) is 11.8 Å². The molecule has 0 spiro atoms. The van der Waals surface area contributed by atoms with E-state index in [1.165, 1.54) is 19.2 Å². The molecule has 1 aromatic heterocycles. The monoisotopic (exact) mass is 448 g/mol. The minimum atomic E-state index is -0.805. The lowest BCUT2D eigenvalue weighted by molar-refractivity contribution is 0.380. The molecule has 4 aromatic rings. The van der Waals surface area contributed by atoms with Gasteiger partial charge in [-0.15, -0.1) is 0 Å². The Kier molecular flexibility index (Phi) is 4.58. The van der Waals surface area contributed by atoms with Gasteiger partial charge in [-0.1, -0.05) is 24.3 Å². The minimum Gasteiger partial charge on any atom is -0.508 e. The number of hydrogen-bond donors (Lipinski definition) is 2. The van der Waals surface area contributed by atoms with Crippen LogP contribution in [-0.4, -0.2) is 47.4 Å². The van der Waals surface area contributed by atoms with Gasteiger partial charge in [0.15, 0.2) is 5.82 Å². The number of anilines is 1. The van der Waals surface area contributed by atoms with Crippen molar-refractivity contribution in [1.29, 1.82) is 0 Å². The molecule has 2 aliphatic rings. The highest BCUT2D eigenvalue weighted by Gasteiger charge is 2.34. The van der Waals surface area contributed by atoms with E-state index in [2.05, 4.69) is 20.2 Å². The van der Waals surface area contributed by atoms with Crippen LogP contribution in [-0.2, 0) is 0 Å². The van der Waals surface area contributed by atoms with E-state index in [4.69, 9.17) is 4.74 Å². The first-order valence-electron chi connectivity index (χ1n) is 11.0. The number of hydrogen-bond acceptors (Lipinski definition) is 6. The zero-order chi connectivity index (χ0) is 22.7. The van der Waals surface area contributed by atoms with Gasteiger partial charge < -0.3 is 20.1 Å². The van der Waals surface area contributed by atoms with Crippen LogP contribution in [0.15, 0.2) is 42.5 Å². The Bertz CT molecular complexity index is 1400. The molecule has 3 heterocycles. The van der Waals surface area contributed by atoms with E-state index in [1.807, 2.05) is 6.07 Å². The van der Waals surface area contributed by atoms with Gasteiger partial charge in [-0.3, -0.25) is 0 Å². The molecule has 8 heteroatoms. The number of rotatable bonds is 3. The van der Waals surface area contributed by atoms with Crippen molar-refractivity contribution in [3.05, 3.63) is 54.1 Å². The van der Waals surface area contributed by atoms with Crippen molar-refractivity contribution < 1.29 is 18.6 Å². The summed E-state index contributed by atoms with van der Waals surface area (Å²) < 4.78 is 36.9. The van der Waals surface area contributed by atoms with Crippen molar-refractivity contribution in [2.75, 3.05) is 25.1 Å². The molecule has 2 atom stereocenters. The van der Waals surface area contributed by atoms with Gasteiger partial charge in [0.25, 0.3) is 0 Å². The molecule has 2 fully saturated rings. The lowest BCUT2D eigenvalue weighted by atomic mass is 9.95. The Balaban J connectivity index is 1.60. The Morgan fingerprint density at radius 2 is 1.79 bits per heavy atom. The van der Waals surface area contributed by atoms with Gasteiger partial charge in [0, 0.05) is 30.6 Å². The molecule has 2 N–H and O–H groups in total. The summed E-state index contributed by atoms with van der Waals surface area (Å²) in [7, 11) is 1.43. The predicted molar refractivity (Wildman–Crippen MR) is 123 cm³/mol. The first-order valence-corrected chi connectivity index (χ1v) is 11.0. The molecule has 0 radical (unpaired) electrons. The summed E-state index contributed by atoms with van der Waals surface area (Å²) in [5.41, 5.74) is 0.0232. The Morgan fingerprint density at radius 3 is 2.55 bits per heavy atom. The van der Waals surface area contributed by atoms with Crippen LogP contribution >= 0.6 is 0 Å². The topological polar surface area (TPSA) is 70.5 Å². The molecule has 2 unspecified atom stereocenters. The van der Waals surface area contributed by atoms with E-state index >= 15 is 8.78 Å². The van der Waals surface area contributed by atoms with Crippen LogP contribution in [0.2, 0.25) is 0 Å². The summed E-state index contributed by atoms with van der Waals surface area (Å²) in [5.74, 6) is -1.13. The van der Waals surface area contributed by atoms with Crippen molar-refractivity contribution in [3.63, 3.8) is 0 Å². The molecule has 168 valence electrons. The van der Waals surface area contributed by atoms with Gasteiger partial charge >= 0.3 is 6.01 Å². The van der Waals surface area contributed by atoms with E-state index in [9.17, 15) is 5.11 Å². The smallest absolute Gasteiger partial charge is 0.318 e. The molecule has 2 bridgehead atoms. The first-order chi connectivity index (χ1) is 16.0. The second-order valence-electron chi connectivity index (χ2n) is 8.73. The van der Waals surface area contributed by atoms with Gasteiger partial charge in [-0.2, -0.15) is 9.97 Å². The molecular formula is C25H22F2N4O2.